The Morgan fingerprint density at radius 3 is 2.43 bits per heavy atom. The summed E-state index contributed by atoms with van der Waals surface area (Å²) >= 11 is 0. The van der Waals surface area contributed by atoms with E-state index in [-0.39, 0.29) is 17.5 Å². The zero-order chi connectivity index (χ0) is 15.9. The van der Waals surface area contributed by atoms with Gasteiger partial charge in [0, 0.05) is 25.6 Å². The Morgan fingerprint density at radius 1 is 1.29 bits per heavy atom. The molecule has 0 spiro atoms. The van der Waals surface area contributed by atoms with Gasteiger partial charge < -0.3 is 14.7 Å². The Balaban J connectivity index is 2.66. The van der Waals surface area contributed by atoms with Crippen molar-refractivity contribution >= 4 is 10.0 Å². The Kier molecular flexibility index (Phi) is 7.10. The number of likely N-dealkylation sites (N-methyl/N-ethyl adjacent to an activating group) is 1. The largest absolute Gasteiger partial charge is 0.494 e. The zero-order valence-corrected chi connectivity index (χ0v) is 13.6. The molecule has 1 aromatic rings. The highest BCUT2D eigenvalue weighted by Crippen LogP contribution is 2.16. The van der Waals surface area contributed by atoms with Crippen LogP contribution < -0.4 is 9.46 Å². The van der Waals surface area contributed by atoms with Crippen LogP contribution >= 0.6 is 0 Å². The van der Waals surface area contributed by atoms with Gasteiger partial charge in [-0.1, -0.05) is 0 Å². The summed E-state index contributed by atoms with van der Waals surface area (Å²) in [5, 5.41) is 8.67. The van der Waals surface area contributed by atoms with E-state index in [1.165, 1.54) is 12.1 Å². The maximum absolute atomic E-state index is 12.2. The number of hydrogen-bond donors (Lipinski definition) is 2. The summed E-state index contributed by atoms with van der Waals surface area (Å²) in [5.74, 6) is 0.587. The third-order valence-corrected chi connectivity index (χ3v) is 4.31. The second-order valence-electron chi connectivity index (χ2n) is 5.18. The average Bonchev–Trinajstić information content (AvgIpc) is 2.38. The van der Waals surface area contributed by atoms with Gasteiger partial charge in [0.15, 0.2) is 0 Å². The van der Waals surface area contributed by atoms with Gasteiger partial charge >= 0.3 is 0 Å². The molecule has 0 heterocycles. The fourth-order valence-corrected chi connectivity index (χ4v) is 3.12. The minimum atomic E-state index is -3.52. The molecule has 1 atom stereocenters. The molecule has 0 radical (unpaired) electrons. The van der Waals surface area contributed by atoms with Gasteiger partial charge in [0.05, 0.1) is 11.5 Å². The highest BCUT2D eigenvalue weighted by molar-refractivity contribution is 7.89. The molecule has 0 aliphatic carbocycles. The number of nitrogens with one attached hydrogen (secondary N) is 1. The lowest BCUT2D eigenvalue weighted by molar-refractivity contribution is 0.233. The maximum atomic E-state index is 12.2. The number of aliphatic hydroxyl groups is 1. The summed E-state index contributed by atoms with van der Waals surface area (Å²) in [7, 11) is 0.265. The molecule has 0 saturated carbocycles. The fraction of sp³-hybridized carbons (Fsp3) is 0.571. The maximum Gasteiger partial charge on any atom is 0.240 e. The van der Waals surface area contributed by atoms with Crippen molar-refractivity contribution in [2.75, 3.05) is 33.9 Å². The fourth-order valence-electron chi connectivity index (χ4n) is 1.89. The van der Waals surface area contributed by atoms with Crippen LogP contribution in [0.2, 0.25) is 0 Å². The first kappa shape index (κ1) is 17.9. The molecule has 0 aromatic heterocycles. The molecule has 1 aromatic carbocycles. The molecule has 1 rings (SSSR count). The number of rotatable bonds is 9. The molecule has 1 unspecified atom stereocenters. The van der Waals surface area contributed by atoms with Gasteiger partial charge in [-0.15, -0.1) is 0 Å². The van der Waals surface area contributed by atoms with Crippen molar-refractivity contribution in [2.45, 2.75) is 24.3 Å². The third-order valence-electron chi connectivity index (χ3n) is 2.70. The summed E-state index contributed by atoms with van der Waals surface area (Å²) < 4.78 is 32.4. The molecular weight excluding hydrogens is 292 g/mol. The van der Waals surface area contributed by atoms with E-state index in [1.807, 2.05) is 25.9 Å². The highest BCUT2D eigenvalue weighted by Gasteiger charge is 2.17. The summed E-state index contributed by atoms with van der Waals surface area (Å²) in [4.78, 5) is 2.13. The number of nitrogens with zero attached hydrogens (tertiary/aromatic N) is 1. The Hall–Kier alpha value is -1.15. The van der Waals surface area contributed by atoms with E-state index >= 15 is 0 Å². The van der Waals surface area contributed by atoms with Crippen LogP contribution in [-0.4, -0.2) is 58.3 Å². The standard InChI is InChI=1S/C14H24N2O4S/c1-12(11-16(2)3)15-21(18,19)14-7-5-13(6-8-14)20-10-4-9-17/h5-8,12,15,17H,4,9-11H2,1-3H3. The van der Waals surface area contributed by atoms with Crippen LogP contribution in [0.25, 0.3) is 0 Å². The topological polar surface area (TPSA) is 78.9 Å². The molecule has 2 N–H and O–H groups in total. The first-order chi connectivity index (χ1) is 9.85. The summed E-state index contributed by atoms with van der Waals surface area (Å²) in [6.07, 6.45) is 0.545. The van der Waals surface area contributed by atoms with E-state index in [2.05, 4.69) is 4.72 Å². The van der Waals surface area contributed by atoms with Gasteiger partial charge in [-0.2, -0.15) is 0 Å². The van der Waals surface area contributed by atoms with Crippen LogP contribution in [-0.2, 0) is 10.0 Å². The van der Waals surface area contributed by atoms with Crippen molar-refractivity contribution < 1.29 is 18.3 Å². The van der Waals surface area contributed by atoms with Crippen molar-refractivity contribution in [2.24, 2.45) is 0 Å². The second kappa shape index (κ2) is 8.33. The Bertz CT molecular complexity index is 514. The minimum Gasteiger partial charge on any atom is -0.494 e. The van der Waals surface area contributed by atoms with E-state index < -0.39 is 10.0 Å². The number of benzene rings is 1. The van der Waals surface area contributed by atoms with Crippen molar-refractivity contribution in [3.63, 3.8) is 0 Å². The first-order valence-electron chi connectivity index (χ1n) is 6.86. The van der Waals surface area contributed by atoms with Gasteiger partial charge in [-0.05, 0) is 45.3 Å². The van der Waals surface area contributed by atoms with Crippen LogP contribution in [0.15, 0.2) is 29.2 Å². The summed E-state index contributed by atoms with van der Waals surface area (Å²) in [6.45, 7) is 2.92. The van der Waals surface area contributed by atoms with E-state index in [4.69, 9.17) is 9.84 Å². The molecule has 120 valence electrons. The van der Waals surface area contributed by atoms with Crippen molar-refractivity contribution in [1.29, 1.82) is 0 Å². The Labute approximate surface area is 126 Å². The van der Waals surface area contributed by atoms with Gasteiger partial charge in [-0.3, -0.25) is 0 Å². The number of aliphatic hydroxyl groups excluding tert-OH is 1. The lowest BCUT2D eigenvalue weighted by atomic mass is 10.3. The molecule has 0 amide bonds. The zero-order valence-electron chi connectivity index (χ0n) is 12.7. The summed E-state index contributed by atoms with van der Waals surface area (Å²) in [6, 6.07) is 6.08. The summed E-state index contributed by atoms with van der Waals surface area (Å²) in [5.41, 5.74) is 0. The SMILES string of the molecule is CC(CN(C)C)NS(=O)(=O)c1ccc(OCCCO)cc1. The van der Waals surface area contributed by atoms with Gasteiger partial charge in [-0.25, -0.2) is 13.1 Å². The van der Waals surface area contributed by atoms with E-state index in [1.54, 1.807) is 12.1 Å². The van der Waals surface area contributed by atoms with Gasteiger partial charge in [0.2, 0.25) is 10.0 Å². The molecule has 21 heavy (non-hydrogen) atoms. The van der Waals surface area contributed by atoms with Crippen LogP contribution in [0.1, 0.15) is 13.3 Å². The minimum absolute atomic E-state index is 0.0696. The molecule has 6 nitrogen and oxygen atoms in total. The molecular formula is C14H24N2O4S. The number of ether oxygens (including phenoxy) is 1. The molecule has 0 bridgehead atoms. The predicted molar refractivity (Wildman–Crippen MR) is 82.0 cm³/mol. The average molecular weight is 316 g/mol. The third kappa shape index (κ3) is 6.43. The second-order valence-corrected chi connectivity index (χ2v) is 6.90. The number of sulfonamides is 1. The first-order valence-corrected chi connectivity index (χ1v) is 8.34. The molecule has 0 aliphatic rings. The number of hydrogen-bond acceptors (Lipinski definition) is 5. The van der Waals surface area contributed by atoms with Gasteiger partial charge in [0.25, 0.3) is 0 Å². The molecule has 0 saturated heterocycles. The van der Waals surface area contributed by atoms with Crippen LogP contribution in [0.3, 0.4) is 0 Å². The quantitative estimate of drug-likeness (QED) is 0.655. The normalized spacial score (nSPS) is 13.4. The van der Waals surface area contributed by atoms with Gasteiger partial charge in [0.1, 0.15) is 5.75 Å². The monoisotopic (exact) mass is 316 g/mol. The van der Waals surface area contributed by atoms with E-state index in [9.17, 15) is 8.42 Å². The Morgan fingerprint density at radius 2 is 1.90 bits per heavy atom. The predicted octanol–water partition coefficient (Wildman–Crippen LogP) is 0.676. The lowest BCUT2D eigenvalue weighted by Crippen LogP contribution is -2.39. The smallest absolute Gasteiger partial charge is 0.240 e. The molecule has 7 heteroatoms. The lowest BCUT2D eigenvalue weighted by Gasteiger charge is -2.18. The molecule has 0 fully saturated rings. The van der Waals surface area contributed by atoms with E-state index in [0.29, 0.717) is 25.3 Å². The van der Waals surface area contributed by atoms with Crippen LogP contribution in [0, 0.1) is 0 Å². The van der Waals surface area contributed by atoms with E-state index in [0.717, 1.165) is 0 Å². The van der Waals surface area contributed by atoms with Crippen molar-refractivity contribution in [3.8, 4) is 5.75 Å². The highest BCUT2D eigenvalue weighted by atomic mass is 32.2. The van der Waals surface area contributed by atoms with Crippen molar-refractivity contribution in [3.05, 3.63) is 24.3 Å². The molecule has 0 aliphatic heterocycles. The van der Waals surface area contributed by atoms with Crippen LogP contribution in [0.5, 0.6) is 5.75 Å². The van der Waals surface area contributed by atoms with Crippen molar-refractivity contribution in [1.82, 2.24) is 9.62 Å². The van der Waals surface area contributed by atoms with Crippen LogP contribution in [0.4, 0.5) is 0 Å².